The Morgan fingerprint density at radius 2 is 2.15 bits per heavy atom. The summed E-state index contributed by atoms with van der Waals surface area (Å²) in [6, 6.07) is 9.14. The predicted octanol–water partition coefficient (Wildman–Crippen LogP) is 2.29. The number of rotatable bonds is 5. The molecule has 0 fully saturated rings. The number of aromatic nitrogens is 1. The van der Waals surface area contributed by atoms with Gasteiger partial charge in [-0.15, -0.1) is 0 Å². The van der Waals surface area contributed by atoms with Crippen LogP contribution < -0.4 is 10.9 Å². The number of nitrogens with one attached hydrogen (secondary N) is 2. The minimum absolute atomic E-state index is 0.0104. The van der Waals surface area contributed by atoms with Gasteiger partial charge in [-0.1, -0.05) is 25.1 Å². The molecule has 0 radical (unpaired) electrons. The molecule has 4 nitrogen and oxygen atoms in total. The molecule has 0 saturated carbocycles. The monoisotopic (exact) mass is 290 g/mol. The van der Waals surface area contributed by atoms with E-state index in [0.717, 1.165) is 16.5 Å². The molecule has 0 saturated heterocycles. The molecule has 2 aromatic rings. The summed E-state index contributed by atoms with van der Waals surface area (Å²) in [5.74, 6) is 0.0104. The third kappa shape index (κ3) is 3.63. The average Bonchev–Trinajstić information content (AvgIpc) is 2.44. The molecule has 1 atom stereocenters. The largest absolute Gasteiger partial charge is 0.352 e. The molecule has 0 aliphatic carbocycles. The topological polar surface area (TPSA) is 62.0 Å². The van der Waals surface area contributed by atoms with Gasteiger partial charge in [-0.3, -0.25) is 9.59 Å². The van der Waals surface area contributed by atoms with E-state index < -0.39 is 0 Å². The summed E-state index contributed by atoms with van der Waals surface area (Å²) in [5, 5.41) is 4.14. The van der Waals surface area contributed by atoms with Gasteiger partial charge in [0, 0.05) is 35.2 Å². The lowest BCUT2D eigenvalue weighted by molar-refractivity contribution is -0.121. The molecule has 2 N–H and O–H groups in total. The Bertz CT molecular complexity index is 666. The van der Waals surface area contributed by atoms with Crippen LogP contribution in [0.3, 0.4) is 0 Å². The van der Waals surface area contributed by atoms with E-state index >= 15 is 0 Å². The van der Waals surface area contributed by atoms with Crippen molar-refractivity contribution >= 4 is 28.6 Å². The van der Waals surface area contributed by atoms with Gasteiger partial charge in [-0.05, 0) is 17.9 Å². The number of H-pyrrole nitrogens is 1. The second-order valence-electron chi connectivity index (χ2n) is 4.73. The highest BCUT2D eigenvalue weighted by Crippen LogP contribution is 2.14. The molecule has 5 heteroatoms. The summed E-state index contributed by atoms with van der Waals surface area (Å²) in [4.78, 5) is 26.2. The van der Waals surface area contributed by atoms with Crippen LogP contribution in [0.1, 0.15) is 18.9 Å². The van der Waals surface area contributed by atoms with Crippen molar-refractivity contribution in [2.75, 3.05) is 6.26 Å². The highest BCUT2D eigenvalue weighted by molar-refractivity contribution is 7.99. The van der Waals surface area contributed by atoms with E-state index in [1.54, 1.807) is 17.8 Å². The summed E-state index contributed by atoms with van der Waals surface area (Å²) >= 11 is 1.66. The predicted molar refractivity (Wildman–Crippen MR) is 84.0 cm³/mol. The van der Waals surface area contributed by atoms with Crippen LogP contribution in [0.25, 0.3) is 10.9 Å². The summed E-state index contributed by atoms with van der Waals surface area (Å²) in [7, 11) is 0. The van der Waals surface area contributed by atoms with E-state index in [1.165, 1.54) is 0 Å². The maximum atomic E-state index is 11.8. The number of para-hydroxylation sites is 1. The van der Waals surface area contributed by atoms with Gasteiger partial charge in [-0.2, -0.15) is 11.8 Å². The van der Waals surface area contributed by atoms with Gasteiger partial charge in [0.1, 0.15) is 0 Å². The molecular formula is C15H18N2O2S. The van der Waals surface area contributed by atoms with Crippen LogP contribution in [0, 0.1) is 0 Å². The van der Waals surface area contributed by atoms with E-state index in [2.05, 4.69) is 10.3 Å². The first kappa shape index (κ1) is 14.7. The second kappa shape index (κ2) is 6.61. The zero-order valence-electron chi connectivity index (χ0n) is 11.6. The van der Waals surface area contributed by atoms with Crippen molar-refractivity contribution in [3.05, 3.63) is 46.2 Å². The van der Waals surface area contributed by atoms with Crippen molar-refractivity contribution in [1.82, 2.24) is 10.3 Å². The molecule has 2 rings (SSSR count). The highest BCUT2D eigenvalue weighted by Gasteiger charge is 2.09. The smallest absolute Gasteiger partial charge is 0.248 e. The molecule has 0 aliphatic rings. The molecule has 106 valence electrons. The molecule has 20 heavy (non-hydrogen) atoms. The molecule has 1 aromatic heterocycles. The van der Waals surface area contributed by atoms with E-state index in [-0.39, 0.29) is 11.5 Å². The van der Waals surface area contributed by atoms with Crippen LogP contribution in [0.4, 0.5) is 0 Å². The van der Waals surface area contributed by atoms with Crippen LogP contribution >= 0.6 is 11.8 Å². The summed E-state index contributed by atoms with van der Waals surface area (Å²) in [5.41, 5.74) is 1.49. The number of hydrogen-bond acceptors (Lipinski definition) is 3. The van der Waals surface area contributed by atoms with Crippen LogP contribution in [-0.2, 0) is 11.3 Å². The highest BCUT2D eigenvalue weighted by atomic mass is 32.2. The van der Waals surface area contributed by atoms with Crippen molar-refractivity contribution in [3.8, 4) is 0 Å². The maximum absolute atomic E-state index is 11.8. The molecular weight excluding hydrogens is 272 g/mol. The van der Waals surface area contributed by atoms with Crippen molar-refractivity contribution in [3.63, 3.8) is 0 Å². The third-order valence-corrected chi connectivity index (χ3v) is 4.16. The van der Waals surface area contributed by atoms with Crippen LogP contribution in [0.5, 0.6) is 0 Å². The molecule has 1 amide bonds. The summed E-state index contributed by atoms with van der Waals surface area (Å²) in [6.45, 7) is 2.40. The van der Waals surface area contributed by atoms with Gasteiger partial charge in [0.2, 0.25) is 11.5 Å². The zero-order chi connectivity index (χ0) is 14.5. The van der Waals surface area contributed by atoms with Crippen LogP contribution in [-0.4, -0.2) is 22.4 Å². The van der Waals surface area contributed by atoms with Gasteiger partial charge in [0.05, 0.1) is 0 Å². The maximum Gasteiger partial charge on any atom is 0.248 e. The Hall–Kier alpha value is -1.75. The lowest BCUT2D eigenvalue weighted by atomic mass is 10.1. The molecule has 1 aromatic carbocycles. The quantitative estimate of drug-likeness (QED) is 0.888. The standard InChI is InChI=1S/C15H18N2O2S/c1-10(20-2)7-14(18)16-9-11-8-15(19)17-13-6-4-3-5-12(11)13/h3-6,8,10H,7,9H2,1-2H3,(H,16,18)(H,17,19). The number of thioether (sulfide) groups is 1. The third-order valence-electron chi connectivity index (χ3n) is 3.19. The van der Waals surface area contributed by atoms with E-state index in [0.29, 0.717) is 18.2 Å². The fourth-order valence-corrected chi connectivity index (χ4v) is 2.35. The first-order valence-corrected chi connectivity index (χ1v) is 7.79. The summed E-state index contributed by atoms with van der Waals surface area (Å²) in [6.07, 6.45) is 2.48. The molecule has 0 aliphatic heterocycles. The van der Waals surface area contributed by atoms with Crippen molar-refractivity contribution in [2.45, 2.75) is 25.1 Å². The number of benzene rings is 1. The van der Waals surface area contributed by atoms with Gasteiger partial charge in [0.25, 0.3) is 0 Å². The number of carbonyl (C=O) groups is 1. The van der Waals surface area contributed by atoms with Crippen LogP contribution in [0.15, 0.2) is 35.1 Å². The number of carbonyl (C=O) groups excluding carboxylic acids is 1. The summed E-state index contributed by atoms with van der Waals surface area (Å²) < 4.78 is 0. The molecule has 1 heterocycles. The van der Waals surface area contributed by atoms with Crippen molar-refractivity contribution < 1.29 is 4.79 Å². The van der Waals surface area contributed by atoms with E-state index in [9.17, 15) is 9.59 Å². The van der Waals surface area contributed by atoms with E-state index in [4.69, 9.17) is 0 Å². The first-order valence-electron chi connectivity index (χ1n) is 6.50. The number of fused-ring (bicyclic) bond motifs is 1. The van der Waals surface area contributed by atoms with Gasteiger partial charge in [0.15, 0.2) is 0 Å². The van der Waals surface area contributed by atoms with Crippen LogP contribution in [0.2, 0.25) is 0 Å². The minimum Gasteiger partial charge on any atom is -0.352 e. The minimum atomic E-state index is -0.148. The van der Waals surface area contributed by atoms with Gasteiger partial charge < -0.3 is 10.3 Å². The molecule has 0 spiro atoms. The number of hydrogen-bond donors (Lipinski definition) is 2. The first-order chi connectivity index (χ1) is 9.60. The number of amides is 1. The Kier molecular flexibility index (Phi) is 4.84. The van der Waals surface area contributed by atoms with Gasteiger partial charge in [-0.25, -0.2) is 0 Å². The zero-order valence-corrected chi connectivity index (χ0v) is 12.4. The van der Waals surface area contributed by atoms with Gasteiger partial charge >= 0.3 is 0 Å². The Labute approximate surface area is 122 Å². The number of aromatic amines is 1. The number of pyridine rings is 1. The molecule has 0 bridgehead atoms. The average molecular weight is 290 g/mol. The van der Waals surface area contributed by atoms with Crippen molar-refractivity contribution in [2.24, 2.45) is 0 Å². The second-order valence-corrected chi connectivity index (χ2v) is 6.01. The Morgan fingerprint density at radius 3 is 2.90 bits per heavy atom. The lowest BCUT2D eigenvalue weighted by Crippen LogP contribution is -2.25. The lowest BCUT2D eigenvalue weighted by Gasteiger charge is -2.10. The van der Waals surface area contributed by atoms with Crippen molar-refractivity contribution in [1.29, 1.82) is 0 Å². The molecule has 1 unspecified atom stereocenters. The SMILES string of the molecule is CSC(C)CC(=O)NCc1cc(=O)[nH]c2ccccc12. The Morgan fingerprint density at radius 1 is 1.40 bits per heavy atom. The Balaban J connectivity index is 2.14. The van der Waals surface area contributed by atoms with E-state index in [1.807, 2.05) is 37.4 Å². The normalized spacial score (nSPS) is 12.3. The fraction of sp³-hybridized carbons (Fsp3) is 0.333. The fourth-order valence-electron chi connectivity index (χ4n) is 2.03.